The molecule has 0 spiro atoms. The molecule has 2 aliphatic rings. The second kappa shape index (κ2) is 7.91. The van der Waals surface area contributed by atoms with Crippen LogP contribution in [0.2, 0.25) is 0 Å². The van der Waals surface area contributed by atoms with Crippen molar-refractivity contribution in [2.75, 3.05) is 16.8 Å². The number of hydrogen-bond donors (Lipinski definition) is 1. The fraction of sp³-hybridized carbons (Fsp3) is 0.261. The molecule has 1 saturated heterocycles. The molecule has 0 aliphatic carbocycles. The van der Waals surface area contributed by atoms with Gasteiger partial charge < -0.3 is 15.1 Å². The second-order valence-electron chi connectivity index (χ2n) is 7.33. The van der Waals surface area contributed by atoms with Gasteiger partial charge in [-0.05, 0) is 47.9 Å². The van der Waals surface area contributed by atoms with Gasteiger partial charge in [-0.1, -0.05) is 24.3 Å². The summed E-state index contributed by atoms with van der Waals surface area (Å²) in [6.07, 6.45) is 5.25. The van der Waals surface area contributed by atoms with E-state index in [1.54, 1.807) is 28.1 Å². The van der Waals surface area contributed by atoms with Gasteiger partial charge in [-0.2, -0.15) is 0 Å². The van der Waals surface area contributed by atoms with Crippen LogP contribution in [0.4, 0.5) is 11.4 Å². The van der Waals surface area contributed by atoms with Crippen LogP contribution < -0.4 is 10.2 Å². The SMILES string of the molecule is CC(=O)N1C=Cc2ccccc2C1CC(=O)Nc1ccc(N2CCCC2=O)cc1. The maximum absolute atomic E-state index is 12.7. The molecule has 2 aliphatic heterocycles. The largest absolute Gasteiger partial charge is 0.326 e. The molecule has 1 N–H and O–H groups in total. The zero-order chi connectivity index (χ0) is 20.4. The van der Waals surface area contributed by atoms with E-state index in [-0.39, 0.29) is 30.2 Å². The number of amides is 3. The molecule has 0 saturated carbocycles. The zero-order valence-electron chi connectivity index (χ0n) is 16.3. The van der Waals surface area contributed by atoms with E-state index < -0.39 is 0 Å². The summed E-state index contributed by atoms with van der Waals surface area (Å²) in [4.78, 5) is 40.0. The van der Waals surface area contributed by atoms with Gasteiger partial charge in [0.05, 0.1) is 12.5 Å². The Morgan fingerprint density at radius 2 is 1.86 bits per heavy atom. The second-order valence-corrected chi connectivity index (χ2v) is 7.33. The number of carbonyl (C=O) groups is 3. The van der Waals surface area contributed by atoms with E-state index in [0.717, 1.165) is 29.8 Å². The van der Waals surface area contributed by atoms with Crippen molar-refractivity contribution < 1.29 is 14.4 Å². The third kappa shape index (κ3) is 3.92. The van der Waals surface area contributed by atoms with E-state index in [4.69, 9.17) is 0 Å². The Morgan fingerprint density at radius 3 is 2.55 bits per heavy atom. The van der Waals surface area contributed by atoms with Crippen molar-refractivity contribution in [2.24, 2.45) is 0 Å². The van der Waals surface area contributed by atoms with Gasteiger partial charge in [0.2, 0.25) is 17.7 Å². The predicted molar refractivity (Wildman–Crippen MR) is 112 cm³/mol. The molecule has 2 heterocycles. The Hall–Kier alpha value is -3.41. The van der Waals surface area contributed by atoms with E-state index in [1.165, 1.54) is 6.92 Å². The summed E-state index contributed by atoms with van der Waals surface area (Å²) in [7, 11) is 0. The van der Waals surface area contributed by atoms with Crippen molar-refractivity contribution in [3.05, 3.63) is 65.9 Å². The third-order valence-electron chi connectivity index (χ3n) is 5.38. The normalized spacial score (nSPS) is 18.0. The number of fused-ring (bicyclic) bond motifs is 1. The highest BCUT2D eigenvalue weighted by atomic mass is 16.2. The Bertz CT molecular complexity index is 981. The van der Waals surface area contributed by atoms with Crippen LogP contribution in [0, 0.1) is 0 Å². The Labute approximate surface area is 169 Å². The molecule has 0 bridgehead atoms. The fourth-order valence-electron chi connectivity index (χ4n) is 3.95. The summed E-state index contributed by atoms with van der Waals surface area (Å²) in [5.74, 6) is -0.139. The Balaban J connectivity index is 1.46. The van der Waals surface area contributed by atoms with Crippen LogP contribution in [0.15, 0.2) is 54.7 Å². The van der Waals surface area contributed by atoms with E-state index in [0.29, 0.717) is 12.1 Å². The first kappa shape index (κ1) is 18.9. The predicted octanol–water partition coefficient (Wildman–Crippen LogP) is 3.72. The lowest BCUT2D eigenvalue weighted by Gasteiger charge is -2.32. The number of anilines is 2. The molecule has 6 heteroatoms. The minimum absolute atomic E-state index is 0.104. The van der Waals surface area contributed by atoms with Crippen molar-refractivity contribution in [1.82, 2.24) is 4.90 Å². The smallest absolute Gasteiger partial charge is 0.227 e. The molecular formula is C23H23N3O3. The molecule has 2 aromatic rings. The summed E-state index contributed by atoms with van der Waals surface area (Å²) in [5, 5.41) is 2.90. The van der Waals surface area contributed by atoms with Gasteiger partial charge in [-0.15, -0.1) is 0 Å². The maximum Gasteiger partial charge on any atom is 0.227 e. The molecule has 2 aromatic carbocycles. The quantitative estimate of drug-likeness (QED) is 0.867. The van der Waals surface area contributed by atoms with Crippen molar-refractivity contribution >= 4 is 35.2 Å². The molecule has 1 unspecified atom stereocenters. The van der Waals surface area contributed by atoms with Crippen LogP contribution >= 0.6 is 0 Å². The first-order chi connectivity index (χ1) is 14.0. The lowest BCUT2D eigenvalue weighted by atomic mass is 9.93. The van der Waals surface area contributed by atoms with E-state index in [9.17, 15) is 14.4 Å². The van der Waals surface area contributed by atoms with Gasteiger partial charge in [0.1, 0.15) is 0 Å². The number of benzene rings is 2. The fourth-order valence-corrected chi connectivity index (χ4v) is 3.95. The maximum atomic E-state index is 12.7. The monoisotopic (exact) mass is 389 g/mol. The summed E-state index contributed by atoms with van der Waals surface area (Å²) in [5.41, 5.74) is 3.49. The highest BCUT2D eigenvalue weighted by molar-refractivity contribution is 5.96. The first-order valence-electron chi connectivity index (χ1n) is 9.79. The number of carbonyl (C=O) groups excluding carboxylic acids is 3. The Kier molecular flexibility index (Phi) is 5.16. The van der Waals surface area contributed by atoms with Gasteiger partial charge in [-0.25, -0.2) is 0 Å². The average molecular weight is 389 g/mol. The number of hydrogen-bond acceptors (Lipinski definition) is 3. The first-order valence-corrected chi connectivity index (χ1v) is 9.79. The van der Waals surface area contributed by atoms with Crippen LogP contribution in [0.5, 0.6) is 0 Å². The standard InChI is InChI=1S/C23H23N3O3/c1-16(27)25-14-12-17-5-2-3-6-20(17)21(25)15-22(28)24-18-8-10-19(11-9-18)26-13-4-7-23(26)29/h2-3,5-6,8-12,14,21H,4,7,13,15H2,1H3,(H,24,28). The van der Waals surface area contributed by atoms with E-state index in [2.05, 4.69) is 5.32 Å². The molecule has 0 aromatic heterocycles. The van der Waals surface area contributed by atoms with Crippen LogP contribution in [-0.2, 0) is 14.4 Å². The van der Waals surface area contributed by atoms with E-state index >= 15 is 0 Å². The molecule has 6 nitrogen and oxygen atoms in total. The summed E-state index contributed by atoms with van der Waals surface area (Å²) < 4.78 is 0. The van der Waals surface area contributed by atoms with Crippen molar-refractivity contribution in [1.29, 1.82) is 0 Å². The molecule has 1 atom stereocenters. The van der Waals surface area contributed by atoms with Gasteiger partial charge in [0, 0.05) is 37.5 Å². The summed E-state index contributed by atoms with van der Waals surface area (Å²) in [6, 6.07) is 14.7. The summed E-state index contributed by atoms with van der Waals surface area (Å²) in [6.45, 7) is 2.24. The van der Waals surface area contributed by atoms with Gasteiger partial charge in [0.25, 0.3) is 0 Å². The van der Waals surface area contributed by atoms with Crippen LogP contribution in [0.1, 0.15) is 43.4 Å². The van der Waals surface area contributed by atoms with Gasteiger partial charge in [-0.3, -0.25) is 14.4 Å². The molecule has 4 rings (SSSR count). The minimum Gasteiger partial charge on any atom is -0.326 e. The molecule has 3 amide bonds. The third-order valence-corrected chi connectivity index (χ3v) is 5.38. The Morgan fingerprint density at radius 1 is 1.10 bits per heavy atom. The topological polar surface area (TPSA) is 69.7 Å². The van der Waals surface area contributed by atoms with Crippen LogP contribution in [0.3, 0.4) is 0 Å². The molecule has 0 radical (unpaired) electrons. The number of nitrogens with zero attached hydrogens (tertiary/aromatic N) is 2. The number of rotatable bonds is 4. The van der Waals surface area contributed by atoms with Crippen molar-refractivity contribution in [2.45, 2.75) is 32.2 Å². The molecule has 29 heavy (non-hydrogen) atoms. The number of nitrogens with one attached hydrogen (secondary N) is 1. The van der Waals surface area contributed by atoms with Crippen molar-refractivity contribution in [3.63, 3.8) is 0 Å². The average Bonchev–Trinajstić information content (AvgIpc) is 3.14. The van der Waals surface area contributed by atoms with Crippen molar-refractivity contribution in [3.8, 4) is 0 Å². The minimum atomic E-state index is -0.338. The molecule has 148 valence electrons. The van der Waals surface area contributed by atoms with Crippen LogP contribution in [0.25, 0.3) is 6.08 Å². The lowest BCUT2D eigenvalue weighted by Crippen LogP contribution is -2.33. The van der Waals surface area contributed by atoms with Crippen LogP contribution in [-0.4, -0.2) is 29.2 Å². The highest BCUT2D eigenvalue weighted by Gasteiger charge is 2.28. The highest BCUT2D eigenvalue weighted by Crippen LogP contribution is 2.33. The molecular weight excluding hydrogens is 366 g/mol. The van der Waals surface area contributed by atoms with Gasteiger partial charge in [0.15, 0.2) is 0 Å². The van der Waals surface area contributed by atoms with E-state index in [1.807, 2.05) is 42.5 Å². The lowest BCUT2D eigenvalue weighted by molar-refractivity contribution is -0.129. The zero-order valence-corrected chi connectivity index (χ0v) is 16.3. The summed E-state index contributed by atoms with van der Waals surface area (Å²) >= 11 is 0. The van der Waals surface area contributed by atoms with Gasteiger partial charge >= 0.3 is 0 Å². The molecule has 1 fully saturated rings.